The van der Waals surface area contributed by atoms with E-state index >= 15 is 0 Å². The zero-order valence-corrected chi connectivity index (χ0v) is 11.7. The third kappa shape index (κ3) is 2.21. The lowest BCUT2D eigenvalue weighted by atomic mass is 9.78. The largest absolute Gasteiger partial charge is 0.293 e. The number of halogens is 1. The molecule has 0 unspecified atom stereocenters. The number of aromatic nitrogens is 1. The molecule has 0 amide bonds. The second kappa shape index (κ2) is 4.23. The molecule has 1 aromatic carbocycles. The lowest BCUT2D eigenvalue weighted by Crippen LogP contribution is -2.25. The van der Waals surface area contributed by atoms with Crippen LogP contribution in [0.15, 0.2) is 24.3 Å². The summed E-state index contributed by atoms with van der Waals surface area (Å²) < 4.78 is 13.8. The zero-order chi connectivity index (χ0) is 13.6. The average molecular weight is 275 g/mol. The third-order valence-corrected chi connectivity index (χ3v) is 4.51. The van der Waals surface area contributed by atoms with Crippen molar-refractivity contribution in [2.24, 2.45) is 5.41 Å². The first kappa shape index (κ1) is 12.5. The molecule has 3 rings (SSSR count). The SMILES string of the molecule is CC1(C)CC(=O)c2sc(-c3ccccc3F)nc2C1. The van der Waals surface area contributed by atoms with Crippen LogP contribution in [0, 0.1) is 11.2 Å². The Labute approximate surface area is 115 Å². The zero-order valence-electron chi connectivity index (χ0n) is 10.9. The number of ketones is 1. The van der Waals surface area contributed by atoms with Gasteiger partial charge in [-0.3, -0.25) is 4.79 Å². The third-order valence-electron chi connectivity index (χ3n) is 3.34. The number of fused-ring (bicyclic) bond motifs is 1. The van der Waals surface area contributed by atoms with Crippen molar-refractivity contribution in [3.05, 3.63) is 40.7 Å². The summed E-state index contributed by atoms with van der Waals surface area (Å²) in [4.78, 5) is 17.3. The molecule has 0 N–H and O–H groups in total. The molecule has 0 fully saturated rings. The minimum atomic E-state index is -0.291. The van der Waals surface area contributed by atoms with Crippen molar-refractivity contribution >= 4 is 17.1 Å². The summed E-state index contributed by atoms with van der Waals surface area (Å²) in [5.41, 5.74) is 1.25. The molecule has 1 aliphatic carbocycles. The van der Waals surface area contributed by atoms with E-state index in [9.17, 15) is 9.18 Å². The monoisotopic (exact) mass is 275 g/mol. The van der Waals surface area contributed by atoms with E-state index in [4.69, 9.17) is 0 Å². The van der Waals surface area contributed by atoms with Crippen LogP contribution < -0.4 is 0 Å². The number of hydrogen-bond acceptors (Lipinski definition) is 3. The molecular formula is C15H14FNOS. The number of thiazole rings is 1. The Kier molecular flexibility index (Phi) is 2.78. The van der Waals surface area contributed by atoms with Crippen molar-refractivity contribution in [2.75, 3.05) is 0 Å². The molecule has 4 heteroatoms. The van der Waals surface area contributed by atoms with E-state index in [1.54, 1.807) is 18.2 Å². The standard InChI is InChI=1S/C15H14FNOS/c1-15(2)7-11-13(12(18)8-15)19-14(17-11)9-5-3-4-6-10(9)16/h3-6H,7-8H2,1-2H3. The van der Waals surface area contributed by atoms with E-state index in [0.29, 0.717) is 21.9 Å². The highest BCUT2D eigenvalue weighted by Crippen LogP contribution is 2.39. The molecule has 2 nitrogen and oxygen atoms in total. The lowest BCUT2D eigenvalue weighted by Gasteiger charge is -2.26. The molecule has 0 bridgehead atoms. The number of carbonyl (C=O) groups is 1. The molecule has 0 aliphatic heterocycles. The number of nitrogens with zero attached hydrogens (tertiary/aromatic N) is 1. The Morgan fingerprint density at radius 1 is 1.26 bits per heavy atom. The first-order chi connectivity index (χ1) is 8.96. The van der Waals surface area contributed by atoms with Crippen LogP contribution in [0.5, 0.6) is 0 Å². The summed E-state index contributed by atoms with van der Waals surface area (Å²) >= 11 is 1.31. The van der Waals surface area contributed by atoms with E-state index in [-0.39, 0.29) is 17.0 Å². The van der Waals surface area contributed by atoms with Gasteiger partial charge < -0.3 is 0 Å². The second-order valence-corrected chi connectivity index (χ2v) is 6.71. The van der Waals surface area contributed by atoms with Crippen molar-refractivity contribution in [3.63, 3.8) is 0 Å². The van der Waals surface area contributed by atoms with Crippen LogP contribution in [0.3, 0.4) is 0 Å². The molecule has 0 atom stereocenters. The molecule has 1 heterocycles. The normalized spacial score (nSPS) is 17.3. The quantitative estimate of drug-likeness (QED) is 0.784. The number of benzene rings is 1. The van der Waals surface area contributed by atoms with Crippen molar-refractivity contribution in [3.8, 4) is 10.6 Å². The van der Waals surface area contributed by atoms with Crippen LogP contribution >= 0.6 is 11.3 Å². The Morgan fingerprint density at radius 2 is 2.00 bits per heavy atom. The molecule has 0 saturated carbocycles. The molecule has 1 aromatic heterocycles. The summed E-state index contributed by atoms with van der Waals surface area (Å²) in [6.45, 7) is 4.13. The predicted octanol–water partition coefficient (Wildman–Crippen LogP) is 4.10. The fraction of sp³-hybridized carbons (Fsp3) is 0.333. The minimum absolute atomic E-state index is 0.0509. The maximum Gasteiger partial charge on any atom is 0.175 e. The van der Waals surface area contributed by atoms with Crippen LogP contribution in [0.2, 0.25) is 0 Å². The highest BCUT2D eigenvalue weighted by atomic mass is 32.1. The van der Waals surface area contributed by atoms with Gasteiger partial charge in [-0.1, -0.05) is 26.0 Å². The van der Waals surface area contributed by atoms with Gasteiger partial charge in [0.2, 0.25) is 0 Å². The maximum absolute atomic E-state index is 13.8. The van der Waals surface area contributed by atoms with Crippen LogP contribution in [0.1, 0.15) is 35.6 Å². The second-order valence-electron chi connectivity index (χ2n) is 5.72. The van der Waals surface area contributed by atoms with Crippen LogP contribution in [0.25, 0.3) is 10.6 Å². The molecule has 1 aliphatic rings. The van der Waals surface area contributed by atoms with Gasteiger partial charge in [0.25, 0.3) is 0 Å². The number of Topliss-reactive ketones (excluding diaryl/α,β-unsaturated/α-hetero) is 1. The average Bonchev–Trinajstić information content (AvgIpc) is 2.71. The summed E-state index contributed by atoms with van der Waals surface area (Å²) in [5, 5.41) is 0.606. The summed E-state index contributed by atoms with van der Waals surface area (Å²) in [6.07, 6.45) is 1.32. The van der Waals surface area contributed by atoms with Crippen molar-refractivity contribution in [1.29, 1.82) is 0 Å². The van der Waals surface area contributed by atoms with Crippen LogP contribution in [-0.2, 0) is 6.42 Å². The fourth-order valence-electron chi connectivity index (χ4n) is 2.47. The topological polar surface area (TPSA) is 30.0 Å². The fourth-order valence-corrected chi connectivity index (χ4v) is 3.52. The van der Waals surface area contributed by atoms with Crippen LogP contribution in [0.4, 0.5) is 4.39 Å². The Balaban J connectivity index is 2.09. The van der Waals surface area contributed by atoms with Crippen molar-refractivity contribution in [2.45, 2.75) is 26.7 Å². The lowest BCUT2D eigenvalue weighted by molar-refractivity contribution is 0.0916. The molecule has 2 aromatic rings. The van der Waals surface area contributed by atoms with Crippen molar-refractivity contribution in [1.82, 2.24) is 4.98 Å². The van der Waals surface area contributed by atoms with Gasteiger partial charge in [-0.2, -0.15) is 0 Å². The Morgan fingerprint density at radius 3 is 2.74 bits per heavy atom. The van der Waals surface area contributed by atoms with Gasteiger partial charge in [0.05, 0.1) is 10.6 Å². The van der Waals surface area contributed by atoms with Gasteiger partial charge in [0, 0.05) is 12.0 Å². The molecule has 0 saturated heterocycles. The van der Waals surface area contributed by atoms with Gasteiger partial charge in [0.15, 0.2) is 5.78 Å². The summed E-state index contributed by atoms with van der Waals surface area (Å²) in [6, 6.07) is 6.56. The predicted molar refractivity (Wildman–Crippen MR) is 73.9 cm³/mol. The van der Waals surface area contributed by atoms with Gasteiger partial charge in [-0.25, -0.2) is 9.37 Å². The van der Waals surface area contributed by atoms with E-state index in [2.05, 4.69) is 18.8 Å². The number of carbonyl (C=O) groups excluding carboxylic acids is 1. The molecule has 0 spiro atoms. The highest BCUT2D eigenvalue weighted by molar-refractivity contribution is 7.17. The minimum Gasteiger partial charge on any atom is -0.293 e. The molecular weight excluding hydrogens is 261 g/mol. The maximum atomic E-state index is 13.8. The van der Waals surface area contributed by atoms with E-state index < -0.39 is 0 Å². The molecule has 0 radical (unpaired) electrons. The Hall–Kier alpha value is -1.55. The van der Waals surface area contributed by atoms with Gasteiger partial charge in [-0.05, 0) is 24.0 Å². The Bertz CT molecular complexity index is 660. The van der Waals surface area contributed by atoms with Gasteiger partial charge in [0.1, 0.15) is 10.8 Å². The van der Waals surface area contributed by atoms with Gasteiger partial charge in [-0.15, -0.1) is 11.3 Å². The first-order valence-corrected chi connectivity index (χ1v) is 7.06. The molecule has 19 heavy (non-hydrogen) atoms. The molecule has 98 valence electrons. The van der Waals surface area contributed by atoms with Gasteiger partial charge >= 0.3 is 0 Å². The number of rotatable bonds is 1. The number of hydrogen-bond donors (Lipinski definition) is 0. The first-order valence-electron chi connectivity index (χ1n) is 6.24. The summed E-state index contributed by atoms with van der Waals surface area (Å²) in [5.74, 6) is -0.161. The van der Waals surface area contributed by atoms with E-state index in [1.165, 1.54) is 17.4 Å². The smallest absolute Gasteiger partial charge is 0.175 e. The van der Waals surface area contributed by atoms with Crippen molar-refractivity contribution < 1.29 is 9.18 Å². The summed E-state index contributed by atoms with van der Waals surface area (Å²) in [7, 11) is 0. The van der Waals surface area contributed by atoms with Crippen LogP contribution in [-0.4, -0.2) is 10.8 Å². The highest BCUT2D eigenvalue weighted by Gasteiger charge is 2.34. The van der Waals surface area contributed by atoms with E-state index in [1.807, 2.05) is 0 Å². The van der Waals surface area contributed by atoms with E-state index in [0.717, 1.165) is 12.1 Å².